The van der Waals surface area contributed by atoms with Gasteiger partial charge in [0.15, 0.2) is 0 Å². The molecule has 0 spiro atoms. The Morgan fingerprint density at radius 3 is 2.72 bits per heavy atom. The zero-order valence-corrected chi connectivity index (χ0v) is 14.4. The molecule has 0 radical (unpaired) electrons. The molecule has 7 heteroatoms. The van der Waals surface area contributed by atoms with Gasteiger partial charge in [-0.05, 0) is 6.07 Å². The molecule has 0 bridgehead atoms. The van der Waals surface area contributed by atoms with E-state index in [1.54, 1.807) is 19.3 Å². The third-order valence-electron chi connectivity index (χ3n) is 3.89. The quantitative estimate of drug-likeness (QED) is 0.624. The maximum atomic E-state index is 12.1. The van der Waals surface area contributed by atoms with Crippen molar-refractivity contribution < 1.29 is 24.2 Å². The number of amides is 2. The number of carbonyl (C=O) groups is 2. The molecule has 7 nitrogen and oxygen atoms in total. The van der Waals surface area contributed by atoms with Crippen molar-refractivity contribution in [1.29, 1.82) is 0 Å². The molecule has 2 rings (SSSR count). The van der Waals surface area contributed by atoms with E-state index in [1.165, 1.54) is 6.92 Å². The molecule has 25 heavy (non-hydrogen) atoms. The summed E-state index contributed by atoms with van der Waals surface area (Å²) in [5.41, 5.74) is 0.886. The Labute approximate surface area is 147 Å². The fraction of sp³-hybridized carbons (Fsp3) is 0.444. The average molecular weight is 348 g/mol. The highest BCUT2D eigenvalue weighted by atomic mass is 16.5. The van der Waals surface area contributed by atoms with Crippen LogP contribution in [0.2, 0.25) is 0 Å². The lowest BCUT2D eigenvalue weighted by Gasteiger charge is -2.31. The summed E-state index contributed by atoms with van der Waals surface area (Å²) in [6, 6.07) is 7.07. The first kappa shape index (κ1) is 19.0. The van der Waals surface area contributed by atoms with E-state index in [0.717, 1.165) is 11.3 Å². The van der Waals surface area contributed by atoms with Gasteiger partial charge in [-0.3, -0.25) is 9.59 Å². The Morgan fingerprint density at radius 2 is 2.04 bits per heavy atom. The van der Waals surface area contributed by atoms with Gasteiger partial charge in [-0.1, -0.05) is 30.4 Å². The molecule has 1 aromatic carbocycles. The molecule has 3 atom stereocenters. The van der Waals surface area contributed by atoms with Crippen molar-refractivity contribution in [2.75, 3.05) is 13.7 Å². The molecule has 1 aliphatic rings. The second-order valence-corrected chi connectivity index (χ2v) is 5.80. The number of ether oxygens (including phenoxy) is 2. The number of aliphatic hydroxyl groups excluding tert-OH is 1. The van der Waals surface area contributed by atoms with E-state index in [0.29, 0.717) is 6.54 Å². The van der Waals surface area contributed by atoms with Crippen molar-refractivity contribution in [3.8, 4) is 5.75 Å². The standard InChI is InChI=1S/C18H24N2O5/c1-12(22)20-15-8-7-14(25-17(15)11-21)9-18(23)19-10-13-5-3-4-6-16(13)24-2/h3-8,14-15,17,21H,9-11H2,1-2H3,(H,19,23)(H,20,22)/t14-,15+,17+/m1/s1. The van der Waals surface area contributed by atoms with Crippen molar-refractivity contribution in [2.45, 2.75) is 38.1 Å². The summed E-state index contributed by atoms with van der Waals surface area (Å²) in [5.74, 6) is 0.343. The Hall–Kier alpha value is -2.38. The van der Waals surface area contributed by atoms with Crippen molar-refractivity contribution in [1.82, 2.24) is 10.6 Å². The van der Waals surface area contributed by atoms with Crippen molar-refractivity contribution in [2.24, 2.45) is 0 Å². The van der Waals surface area contributed by atoms with Crippen molar-refractivity contribution >= 4 is 11.8 Å². The summed E-state index contributed by atoms with van der Waals surface area (Å²) in [5, 5.41) is 14.9. The normalized spacial score (nSPS) is 22.3. The number of aliphatic hydroxyl groups is 1. The predicted molar refractivity (Wildman–Crippen MR) is 91.9 cm³/mol. The number of hydrogen-bond donors (Lipinski definition) is 3. The number of hydrogen-bond acceptors (Lipinski definition) is 5. The van der Waals surface area contributed by atoms with Crippen LogP contribution < -0.4 is 15.4 Å². The van der Waals surface area contributed by atoms with E-state index < -0.39 is 18.2 Å². The first-order chi connectivity index (χ1) is 12.0. The van der Waals surface area contributed by atoms with Gasteiger partial charge in [0, 0.05) is 19.0 Å². The lowest BCUT2D eigenvalue weighted by molar-refractivity contribution is -0.127. The van der Waals surface area contributed by atoms with Crippen molar-refractivity contribution in [3.63, 3.8) is 0 Å². The van der Waals surface area contributed by atoms with Crippen LogP contribution in [-0.2, 0) is 20.9 Å². The molecule has 2 amide bonds. The molecule has 0 saturated carbocycles. The smallest absolute Gasteiger partial charge is 0.223 e. The molecular weight excluding hydrogens is 324 g/mol. The minimum atomic E-state index is -0.569. The van der Waals surface area contributed by atoms with Crippen LogP contribution in [-0.4, -0.2) is 48.9 Å². The Morgan fingerprint density at radius 1 is 1.28 bits per heavy atom. The molecule has 0 aromatic heterocycles. The van der Waals surface area contributed by atoms with Gasteiger partial charge in [0.25, 0.3) is 0 Å². The second kappa shape index (κ2) is 9.19. The minimum Gasteiger partial charge on any atom is -0.496 e. The molecule has 0 unspecified atom stereocenters. The molecule has 1 aliphatic heterocycles. The van der Waals surface area contributed by atoms with Gasteiger partial charge >= 0.3 is 0 Å². The number of carbonyl (C=O) groups excluding carboxylic acids is 2. The molecule has 1 aromatic rings. The minimum absolute atomic E-state index is 0.134. The van der Waals surface area contributed by atoms with E-state index in [2.05, 4.69) is 10.6 Å². The predicted octanol–water partition coefficient (Wildman–Crippen LogP) is 0.522. The number of nitrogens with one attached hydrogen (secondary N) is 2. The summed E-state index contributed by atoms with van der Waals surface area (Å²) >= 11 is 0. The van der Waals surface area contributed by atoms with Gasteiger partial charge in [-0.2, -0.15) is 0 Å². The number of para-hydroxylation sites is 1. The molecule has 0 saturated heterocycles. The number of rotatable bonds is 7. The Kier molecular flexibility index (Phi) is 6.97. The van der Waals surface area contributed by atoms with Crippen molar-refractivity contribution in [3.05, 3.63) is 42.0 Å². The summed E-state index contributed by atoms with van der Waals surface area (Å²) in [6.07, 6.45) is 2.61. The summed E-state index contributed by atoms with van der Waals surface area (Å²) in [7, 11) is 1.59. The van der Waals surface area contributed by atoms with Crippen LogP contribution >= 0.6 is 0 Å². The summed E-state index contributed by atoms with van der Waals surface area (Å²) < 4.78 is 10.9. The lowest BCUT2D eigenvalue weighted by Crippen LogP contribution is -2.48. The highest BCUT2D eigenvalue weighted by Gasteiger charge is 2.28. The van der Waals surface area contributed by atoms with Crippen LogP contribution in [0.25, 0.3) is 0 Å². The number of benzene rings is 1. The van der Waals surface area contributed by atoms with Crippen LogP contribution in [0.5, 0.6) is 5.75 Å². The Balaban J connectivity index is 1.87. The monoisotopic (exact) mass is 348 g/mol. The maximum absolute atomic E-state index is 12.1. The summed E-state index contributed by atoms with van der Waals surface area (Å²) in [4.78, 5) is 23.3. The molecule has 136 valence electrons. The van der Waals surface area contributed by atoms with Gasteiger partial charge in [-0.25, -0.2) is 0 Å². The third kappa shape index (κ3) is 5.58. The van der Waals surface area contributed by atoms with E-state index >= 15 is 0 Å². The van der Waals surface area contributed by atoms with Crippen LogP contribution in [0, 0.1) is 0 Å². The average Bonchev–Trinajstić information content (AvgIpc) is 2.61. The second-order valence-electron chi connectivity index (χ2n) is 5.80. The molecule has 1 heterocycles. The van der Waals surface area contributed by atoms with Gasteiger partial charge in [0.05, 0.1) is 32.3 Å². The zero-order chi connectivity index (χ0) is 18.2. The molecule has 0 fully saturated rings. The molecule has 3 N–H and O–H groups in total. The fourth-order valence-corrected chi connectivity index (χ4v) is 2.67. The van der Waals surface area contributed by atoms with E-state index in [4.69, 9.17) is 9.47 Å². The summed E-state index contributed by atoms with van der Waals surface area (Å²) in [6.45, 7) is 1.52. The first-order valence-electron chi connectivity index (χ1n) is 8.13. The first-order valence-corrected chi connectivity index (χ1v) is 8.13. The molecule has 0 aliphatic carbocycles. The zero-order valence-electron chi connectivity index (χ0n) is 14.4. The van der Waals surface area contributed by atoms with Crippen LogP contribution in [0.15, 0.2) is 36.4 Å². The highest BCUT2D eigenvalue weighted by molar-refractivity contribution is 5.77. The van der Waals surface area contributed by atoms with Gasteiger partial charge < -0.3 is 25.2 Å². The SMILES string of the molecule is COc1ccccc1CNC(=O)C[C@H]1C=C[C@H](NC(C)=O)[C@H](CO)O1. The highest BCUT2D eigenvalue weighted by Crippen LogP contribution is 2.18. The van der Waals surface area contributed by atoms with E-state index in [9.17, 15) is 14.7 Å². The van der Waals surface area contributed by atoms with Gasteiger partial charge in [0.2, 0.25) is 11.8 Å². The van der Waals surface area contributed by atoms with Crippen LogP contribution in [0.3, 0.4) is 0 Å². The third-order valence-corrected chi connectivity index (χ3v) is 3.89. The van der Waals surface area contributed by atoms with E-state index in [1.807, 2.05) is 24.3 Å². The lowest BCUT2D eigenvalue weighted by atomic mass is 10.0. The molecular formula is C18H24N2O5. The Bertz CT molecular complexity index is 632. The van der Waals surface area contributed by atoms with Crippen LogP contribution in [0.1, 0.15) is 18.9 Å². The maximum Gasteiger partial charge on any atom is 0.223 e. The van der Waals surface area contributed by atoms with Crippen LogP contribution in [0.4, 0.5) is 0 Å². The topological polar surface area (TPSA) is 96.9 Å². The fourth-order valence-electron chi connectivity index (χ4n) is 2.67. The van der Waals surface area contributed by atoms with E-state index in [-0.39, 0.29) is 24.8 Å². The number of methoxy groups -OCH3 is 1. The largest absolute Gasteiger partial charge is 0.496 e. The van der Waals surface area contributed by atoms with Gasteiger partial charge in [0.1, 0.15) is 11.9 Å². The van der Waals surface area contributed by atoms with Gasteiger partial charge in [-0.15, -0.1) is 0 Å².